The lowest BCUT2D eigenvalue weighted by atomic mass is 10.1. The third-order valence-electron chi connectivity index (χ3n) is 3.07. The van der Waals surface area contributed by atoms with Gasteiger partial charge in [0.1, 0.15) is 5.75 Å². The number of halogens is 1. The van der Waals surface area contributed by atoms with Crippen molar-refractivity contribution in [3.05, 3.63) is 58.6 Å². The third kappa shape index (κ3) is 4.72. The van der Waals surface area contributed by atoms with Crippen LogP contribution in [0.5, 0.6) is 5.75 Å². The summed E-state index contributed by atoms with van der Waals surface area (Å²) >= 11 is 8.77. The first-order valence-corrected chi connectivity index (χ1v) is 7.75. The fraction of sp³-hybridized carbons (Fsp3) is 0.188. The number of hydrogen-bond acceptors (Lipinski definition) is 2. The molecule has 2 rings (SSSR count). The molecule has 0 saturated carbocycles. The van der Waals surface area contributed by atoms with E-state index < -0.39 is 0 Å². The molecule has 2 N–H and O–H groups in total. The van der Waals surface area contributed by atoms with E-state index in [1.165, 1.54) is 5.56 Å². The Balaban J connectivity index is 1.92. The van der Waals surface area contributed by atoms with E-state index in [9.17, 15) is 0 Å². The molecule has 0 spiro atoms. The van der Waals surface area contributed by atoms with Crippen molar-refractivity contribution in [3.63, 3.8) is 0 Å². The SMILES string of the molecule is COc1ccc(NC(=S)N[C@@H](C)c2ccc(Br)cc2)cc1. The van der Waals surface area contributed by atoms with Crippen LogP contribution >= 0.6 is 28.1 Å². The van der Waals surface area contributed by atoms with Crippen molar-refractivity contribution in [1.29, 1.82) is 0 Å². The number of thiocarbonyl (C=S) groups is 1. The topological polar surface area (TPSA) is 33.3 Å². The molecule has 0 aliphatic heterocycles. The average molecular weight is 365 g/mol. The molecule has 0 saturated heterocycles. The molecule has 0 aliphatic carbocycles. The van der Waals surface area contributed by atoms with E-state index in [2.05, 4.69) is 45.6 Å². The fourth-order valence-corrected chi connectivity index (χ4v) is 2.43. The van der Waals surface area contributed by atoms with Gasteiger partial charge >= 0.3 is 0 Å². The highest BCUT2D eigenvalue weighted by atomic mass is 79.9. The zero-order valence-corrected chi connectivity index (χ0v) is 14.3. The lowest BCUT2D eigenvalue weighted by molar-refractivity contribution is 0.415. The quantitative estimate of drug-likeness (QED) is 0.782. The van der Waals surface area contributed by atoms with E-state index in [0.29, 0.717) is 5.11 Å². The standard InChI is InChI=1S/C16H17BrN2OS/c1-11(12-3-5-13(17)6-4-12)18-16(21)19-14-7-9-15(20-2)10-8-14/h3-11H,1-2H3,(H2,18,19,21)/t11-/m0/s1. The molecular weight excluding hydrogens is 348 g/mol. The minimum Gasteiger partial charge on any atom is -0.497 e. The van der Waals surface area contributed by atoms with Gasteiger partial charge in [-0.15, -0.1) is 0 Å². The summed E-state index contributed by atoms with van der Waals surface area (Å²) in [5, 5.41) is 7.02. The second kappa shape index (κ2) is 7.43. The molecule has 5 heteroatoms. The number of methoxy groups -OCH3 is 1. The van der Waals surface area contributed by atoms with Crippen LogP contribution in [0.1, 0.15) is 18.5 Å². The lowest BCUT2D eigenvalue weighted by Gasteiger charge is -2.17. The summed E-state index contributed by atoms with van der Waals surface area (Å²) in [6.07, 6.45) is 0. The molecule has 2 aromatic rings. The van der Waals surface area contributed by atoms with Crippen molar-refractivity contribution < 1.29 is 4.74 Å². The van der Waals surface area contributed by atoms with Crippen molar-refractivity contribution in [2.24, 2.45) is 0 Å². The average Bonchev–Trinajstić information content (AvgIpc) is 2.48. The van der Waals surface area contributed by atoms with Crippen LogP contribution in [0.15, 0.2) is 53.0 Å². The second-order valence-electron chi connectivity index (χ2n) is 4.60. The van der Waals surface area contributed by atoms with Crippen LogP contribution in [0, 0.1) is 0 Å². The van der Waals surface area contributed by atoms with Gasteiger partial charge in [0.05, 0.1) is 13.2 Å². The normalized spacial score (nSPS) is 11.6. The van der Waals surface area contributed by atoms with Crippen molar-refractivity contribution in [2.45, 2.75) is 13.0 Å². The Bertz CT molecular complexity index is 599. The van der Waals surface area contributed by atoms with Crippen LogP contribution in [0.25, 0.3) is 0 Å². The highest BCUT2D eigenvalue weighted by Gasteiger charge is 2.07. The molecule has 110 valence electrons. The van der Waals surface area contributed by atoms with Crippen LogP contribution in [-0.4, -0.2) is 12.2 Å². The highest BCUT2D eigenvalue weighted by Crippen LogP contribution is 2.18. The molecule has 3 nitrogen and oxygen atoms in total. The van der Waals surface area contributed by atoms with E-state index in [1.54, 1.807) is 7.11 Å². The minimum atomic E-state index is 0.136. The molecule has 0 heterocycles. The first-order chi connectivity index (χ1) is 10.1. The Morgan fingerprint density at radius 3 is 2.29 bits per heavy atom. The van der Waals surface area contributed by atoms with Crippen LogP contribution in [-0.2, 0) is 0 Å². The Labute approximate surface area is 138 Å². The molecule has 1 atom stereocenters. The summed E-state index contributed by atoms with van der Waals surface area (Å²) in [6.45, 7) is 2.07. The molecule has 0 aliphatic rings. The van der Waals surface area contributed by atoms with Crippen molar-refractivity contribution in [2.75, 3.05) is 12.4 Å². The third-order valence-corrected chi connectivity index (χ3v) is 3.81. The maximum atomic E-state index is 5.34. The second-order valence-corrected chi connectivity index (χ2v) is 5.92. The van der Waals surface area contributed by atoms with Gasteiger partial charge in [-0.05, 0) is 61.1 Å². The summed E-state index contributed by atoms with van der Waals surface area (Å²) in [7, 11) is 1.65. The minimum absolute atomic E-state index is 0.136. The molecule has 0 amide bonds. The van der Waals surface area contributed by atoms with E-state index in [1.807, 2.05) is 36.4 Å². The van der Waals surface area contributed by atoms with Gasteiger partial charge in [-0.2, -0.15) is 0 Å². The Morgan fingerprint density at radius 2 is 1.71 bits per heavy atom. The first-order valence-electron chi connectivity index (χ1n) is 6.55. The van der Waals surface area contributed by atoms with Gasteiger partial charge in [0.2, 0.25) is 0 Å². The number of hydrogen-bond donors (Lipinski definition) is 2. The van der Waals surface area contributed by atoms with E-state index in [0.717, 1.165) is 15.9 Å². The van der Waals surface area contributed by atoms with Gasteiger partial charge in [-0.1, -0.05) is 28.1 Å². The highest BCUT2D eigenvalue weighted by molar-refractivity contribution is 9.10. The van der Waals surface area contributed by atoms with Gasteiger partial charge in [0.25, 0.3) is 0 Å². The lowest BCUT2D eigenvalue weighted by Crippen LogP contribution is -2.30. The molecule has 0 bridgehead atoms. The molecule has 2 aromatic carbocycles. The fourth-order valence-electron chi connectivity index (χ4n) is 1.87. The molecular formula is C16H17BrN2OS. The van der Waals surface area contributed by atoms with E-state index in [4.69, 9.17) is 17.0 Å². The number of benzene rings is 2. The Morgan fingerprint density at radius 1 is 1.10 bits per heavy atom. The monoisotopic (exact) mass is 364 g/mol. The van der Waals surface area contributed by atoms with Gasteiger partial charge < -0.3 is 15.4 Å². The van der Waals surface area contributed by atoms with Gasteiger partial charge in [0.15, 0.2) is 5.11 Å². The van der Waals surface area contributed by atoms with Gasteiger partial charge in [0, 0.05) is 10.2 Å². The maximum absolute atomic E-state index is 5.34. The molecule has 0 unspecified atom stereocenters. The van der Waals surface area contributed by atoms with E-state index >= 15 is 0 Å². The molecule has 0 radical (unpaired) electrons. The largest absolute Gasteiger partial charge is 0.497 e. The Hall–Kier alpha value is -1.59. The van der Waals surface area contributed by atoms with Gasteiger partial charge in [-0.25, -0.2) is 0 Å². The van der Waals surface area contributed by atoms with Crippen molar-refractivity contribution in [1.82, 2.24) is 5.32 Å². The van der Waals surface area contributed by atoms with Crippen LogP contribution in [0.4, 0.5) is 5.69 Å². The van der Waals surface area contributed by atoms with Crippen LogP contribution in [0.3, 0.4) is 0 Å². The maximum Gasteiger partial charge on any atom is 0.171 e. The first kappa shape index (κ1) is 15.8. The zero-order chi connectivity index (χ0) is 15.2. The van der Waals surface area contributed by atoms with Crippen LogP contribution in [0.2, 0.25) is 0 Å². The Kier molecular flexibility index (Phi) is 5.59. The molecule has 21 heavy (non-hydrogen) atoms. The zero-order valence-electron chi connectivity index (χ0n) is 11.9. The number of anilines is 1. The summed E-state index contributed by atoms with van der Waals surface area (Å²) in [5.74, 6) is 0.822. The summed E-state index contributed by atoms with van der Waals surface area (Å²) in [5.41, 5.74) is 2.10. The smallest absolute Gasteiger partial charge is 0.171 e. The summed E-state index contributed by atoms with van der Waals surface area (Å²) in [6, 6.07) is 16.0. The van der Waals surface area contributed by atoms with Crippen molar-refractivity contribution in [3.8, 4) is 5.75 Å². The number of nitrogens with one attached hydrogen (secondary N) is 2. The van der Waals surface area contributed by atoms with Gasteiger partial charge in [-0.3, -0.25) is 0 Å². The molecule has 0 aromatic heterocycles. The summed E-state index contributed by atoms with van der Waals surface area (Å²) < 4.78 is 6.19. The number of rotatable bonds is 4. The van der Waals surface area contributed by atoms with E-state index in [-0.39, 0.29) is 6.04 Å². The molecule has 0 fully saturated rings. The van der Waals surface area contributed by atoms with Crippen LogP contribution < -0.4 is 15.4 Å². The predicted molar refractivity (Wildman–Crippen MR) is 94.9 cm³/mol. The predicted octanol–water partition coefficient (Wildman–Crippen LogP) is 4.51. The summed E-state index contributed by atoms with van der Waals surface area (Å²) in [4.78, 5) is 0. The van der Waals surface area contributed by atoms with Crippen molar-refractivity contribution >= 4 is 38.9 Å². The number of ether oxygens (including phenoxy) is 1.